The normalized spacial score (nSPS) is 16.5. The highest BCUT2D eigenvalue weighted by Gasteiger charge is 2.32. The summed E-state index contributed by atoms with van der Waals surface area (Å²) in [6, 6.07) is 19.6. The van der Waals surface area contributed by atoms with E-state index in [1.165, 1.54) is 16.7 Å². The van der Waals surface area contributed by atoms with Crippen LogP contribution in [0, 0.1) is 5.41 Å². The van der Waals surface area contributed by atoms with Crippen molar-refractivity contribution in [3.63, 3.8) is 0 Å². The van der Waals surface area contributed by atoms with Crippen molar-refractivity contribution in [3.8, 4) is 0 Å². The maximum absolute atomic E-state index is 12.7. The minimum atomic E-state index is -0.151. The molecule has 3 rings (SSSR count). The molecule has 26 heavy (non-hydrogen) atoms. The van der Waals surface area contributed by atoms with E-state index in [9.17, 15) is 4.79 Å². The number of carbonyl (C=O) groups excluding carboxylic acids is 1. The van der Waals surface area contributed by atoms with Crippen LogP contribution in [0.1, 0.15) is 11.1 Å². The highest BCUT2D eigenvalue weighted by Crippen LogP contribution is 2.32. The van der Waals surface area contributed by atoms with Gasteiger partial charge in [0.05, 0.1) is 17.1 Å². The van der Waals surface area contributed by atoms with Crippen molar-refractivity contribution in [1.82, 2.24) is 9.80 Å². The molecule has 0 unspecified atom stereocenters. The Bertz CT molecular complexity index is 863. The van der Waals surface area contributed by atoms with Gasteiger partial charge in [-0.2, -0.15) is 0 Å². The van der Waals surface area contributed by atoms with E-state index in [1.54, 1.807) is 11.6 Å². The van der Waals surface area contributed by atoms with Gasteiger partial charge < -0.3 is 4.90 Å². The summed E-state index contributed by atoms with van der Waals surface area (Å²) in [4.78, 5) is 16.6. The Labute approximate surface area is 163 Å². The minimum Gasteiger partial charge on any atom is -0.349 e. The molecule has 0 spiro atoms. The van der Waals surface area contributed by atoms with E-state index in [2.05, 4.69) is 12.6 Å². The van der Waals surface area contributed by atoms with E-state index >= 15 is 0 Å². The van der Waals surface area contributed by atoms with E-state index in [1.807, 2.05) is 72.6 Å². The molecule has 6 heteroatoms. The number of hydrogen-bond donors (Lipinski definition) is 2. The lowest BCUT2D eigenvalue weighted by atomic mass is 10.1. The van der Waals surface area contributed by atoms with Gasteiger partial charge in [0.2, 0.25) is 0 Å². The Hall–Kier alpha value is -2.44. The Balaban J connectivity index is 1.79. The lowest BCUT2D eigenvalue weighted by Crippen LogP contribution is -2.28. The van der Waals surface area contributed by atoms with Crippen LogP contribution in [0.4, 0.5) is 0 Å². The van der Waals surface area contributed by atoms with E-state index in [0.29, 0.717) is 11.4 Å². The molecule has 1 saturated heterocycles. The van der Waals surface area contributed by atoms with Gasteiger partial charge in [-0.3, -0.25) is 15.1 Å². The smallest absolute Gasteiger partial charge is 0.268 e. The molecule has 2 aromatic carbocycles. The molecule has 1 N–H and O–H groups in total. The predicted octanol–water partition coefficient (Wildman–Crippen LogP) is 4.40. The molecule has 2 aromatic rings. The van der Waals surface area contributed by atoms with Crippen molar-refractivity contribution in [2.45, 2.75) is 6.54 Å². The van der Waals surface area contributed by atoms with Crippen LogP contribution in [0.3, 0.4) is 0 Å². The Kier molecular flexibility index (Phi) is 5.85. The van der Waals surface area contributed by atoms with Crippen LogP contribution in [0.2, 0.25) is 0 Å². The molecular formula is C20H19N3OS2. The Morgan fingerprint density at radius 2 is 1.77 bits per heavy atom. The monoisotopic (exact) mass is 381 g/mol. The number of thiol groups is 1. The first-order valence-corrected chi connectivity index (χ1v) is 9.40. The summed E-state index contributed by atoms with van der Waals surface area (Å²) in [6.45, 7) is 0.403. The molecule has 0 radical (unpaired) electrons. The number of benzene rings is 2. The van der Waals surface area contributed by atoms with Gasteiger partial charge in [-0.15, -0.1) is 12.6 Å². The first kappa shape index (κ1) is 18.4. The summed E-state index contributed by atoms with van der Waals surface area (Å²) in [5, 5.41) is 10.1. The molecule has 0 bridgehead atoms. The fourth-order valence-electron chi connectivity index (χ4n) is 2.64. The van der Waals surface area contributed by atoms with E-state index in [-0.39, 0.29) is 11.1 Å². The Morgan fingerprint density at radius 1 is 1.15 bits per heavy atom. The van der Waals surface area contributed by atoms with E-state index in [4.69, 9.17) is 5.41 Å². The van der Waals surface area contributed by atoms with Crippen molar-refractivity contribution in [3.05, 3.63) is 88.3 Å². The second-order valence-corrected chi connectivity index (χ2v) is 7.06. The van der Waals surface area contributed by atoms with E-state index < -0.39 is 0 Å². The number of thioether (sulfide) groups is 1. The number of nitrogens with zero attached hydrogens (tertiary/aromatic N) is 2. The fraction of sp³-hybridized carbons (Fsp3) is 0.100. The van der Waals surface area contributed by atoms with Crippen molar-refractivity contribution < 1.29 is 4.79 Å². The summed E-state index contributed by atoms with van der Waals surface area (Å²) in [6.07, 6.45) is 1.77. The van der Waals surface area contributed by atoms with Gasteiger partial charge in [0.15, 0.2) is 5.17 Å². The zero-order valence-electron chi connectivity index (χ0n) is 14.3. The first-order valence-electron chi connectivity index (χ1n) is 8.07. The van der Waals surface area contributed by atoms with Gasteiger partial charge in [-0.05, 0) is 28.3 Å². The number of amidine groups is 1. The fourth-order valence-corrected chi connectivity index (χ4v) is 3.85. The highest BCUT2D eigenvalue weighted by atomic mass is 32.2. The van der Waals surface area contributed by atoms with Gasteiger partial charge in [0.1, 0.15) is 0 Å². The molecule has 0 saturated carbocycles. The zero-order valence-corrected chi connectivity index (χ0v) is 16.0. The zero-order chi connectivity index (χ0) is 18.5. The number of nitrogens with one attached hydrogen (secondary N) is 1. The van der Waals surface area contributed by atoms with Crippen LogP contribution in [0.25, 0.3) is 5.70 Å². The molecule has 0 atom stereocenters. The lowest BCUT2D eigenvalue weighted by molar-refractivity contribution is -0.122. The highest BCUT2D eigenvalue weighted by molar-refractivity contribution is 8.18. The van der Waals surface area contributed by atoms with Crippen LogP contribution in [-0.4, -0.2) is 27.9 Å². The largest absolute Gasteiger partial charge is 0.349 e. The molecule has 0 aliphatic carbocycles. The van der Waals surface area contributed by atoms with E-state index in [0.717, 1.165) is 16.8 Å². The second kappa shape index (κ2) is 8.29. The molecule has 1 amide bonds. The summed E-state index contributed by atoms with van der Waals surface area (Å²) < 4.78 is 0. The van der Waals surface area contributed by atoms with Gasteiger partial charge in [-0.1, -0.05) is 60.7 Å². The molecule has 132 valence electrons. The van der Waals surface area contributed by atoms with Crippen molar-refractivity contribution >= 4 is 41.2 Å². The third kappa shape index (κ3) is 4.03. The predicted molar refractivity (Wildman–Crippen MR) is 112 cm³/mol. The number of carbonyl (C=O) groups is 1. The summed E-state index contributed by atoms with van der Waals surface area (Å²) in [5.74, 6) is -0.151. The first-order chi connectivity index (χ1) is 12.6. The van der Waals surface area contributed by atoms with Gasteiger partial charge in [0.25, 0.3) is 5.91 Å². The van der Waals surface area contributed by atoms with Crippen LogP contribution in [-0.2, 0) is 11.3 Å². The SMILES string of the molecule is CN(/C=C1/SC(=N)N(Cc2ccccc2)C1=O)/C(=C\S)c1ccccc1. The van der Waals surface area contributed by atoms with Crippen molar-refractivity contribution in [1.29, 1.82) is 5.41 Å². The third-order valence-electron chi connectivity index (χ3n) is 3.97. The summed E-state index contributed by atoms with van der Waals surface area (Å²) >= 11 is 5.49. The number of amides is 1. The van der Waals surface area contributed by atoms with Crippen molar-refractivity contribution in [2.75, 3.05) is 7.05 Å². The second-order valence-electron chi connectivity index (χ2n) is 5.77. The van der Waals surface area contributed by atoms with Crippen LogP contribution in [0.15, 0.2) is 77.2 Å². The Morgan fingerprint density at radius 3 is 2.38 bits per heavy atom. The van der Waals surface area contributed by atoms with Gasteiger partial charge in [-0.25, -0.2) is 0 Å². The molecule has 1 heterocycles. The molecule has 1 aliphatic heterocycles. The van der Waals surface area contributed by atoms with Crippen LogP contribution < -0.4 is 0 Å². The molecule has 1 fully saturated rings. The van der Waals surface area contributed by atoms with Crippen LogP contribution in [0.5, 0.6) is 0 Å². The average molecular weight is 382 g/mol. The summed E-state index contributed by atoms with van der Waals surface area (Å²) in [5.41, 5.74) is 2.89. The molecular weight excluding hydrogens is 362 g/mol. The number of hydrogen-bond acceptors (Lipinski definition) is 5. The molecule has 0 aromatic heterocycles. The third-order valence-corrected chi connectivity index (χ3v) is 5.13. The van der Waals surface area contributed by atoms with Crippen molar-refractivity contribution in [2.24, 2.45) is 0 Å². The molecule has 4 nitrogen and oxygen atoms in total. The van der Waals surface area contributed by atoms with Gasteiger partial charge in [0, 0.05) is 13.2 Å². The number of rotatable bonds is 5. The van der Waals surface area contributed by atoms with Gasteiger partial charge >= 0.3 is 0 Å². The lowest BCUT2D eigenvalue weighted by Gasteiger charge is -2.19. The minimum absolute atomic E-state index is 0.151. The quantitative estimate of drug-likeness (QED) is 0.596. The maximum Gasteiger partial charge on any atom is 0.268 e. The van der Waals surface area contributed by atoms with Crippen LogP contribution >= 0.6 is 24.4 Å². The average Bonchev–Trinajstić information content (AvgIpc) is 2.91. The summed E-state index contributed by atoms with van der Waals surface area (Å²) in [7, 11) is 1.87. The maximum atomic E-state index is 12.7. The standard InChI is InChI=1S/C20H19N3OS2/c1-22(17(14-25)16-10-6-3-7-11-16)13-18-19(24)23(20(21)26-18)12-15-8-4-2-5-9-15/h2-11,13-14,21,25H,12H2,1H3/b17-14-,18-13+,21-20?. The topological polar surface area (TPSA) is 47.4 Å². The molecule has 1 aliphatic rings.